The van der Waals surface area contributed by atoms with Crippen LogP contribution in [0, 0.1) is 0 Å². The predicted octanol–water partition coefficient (Wildman–Crippen LogP) is 1.68. The second-order valence-corrected chi connectivity index (χ2v) is 6.85. The average molecular weight is 279 g/mol. The first-order valence-electron chi connectivity index (χ1n) is 6.05. The summed E-state index contributed by atoms with van der Waals surface area (Å²) < 4.78 is 22.1. The minimum Gasteiger partial charge on any atom is -0.508 e. The van der Waals surface area contributed by atoms with E-state index >= 15 is 0 Å². The molecule has 0 aliphatic carbocycles. The van der Waals surface area contributed by atoms with Crippen LogP contribution in [0.4, 0.5) is 0 Å². The van der Waals surface area contributed by atoms with Crippen molar-refractivity contribution in [2.24, 2.45) is 0 Å². The van der Waals surface area contributed by atoms with Gasteiger partial charge in [0.2, 0.25) is 0 Å². The van der Waals surface area contributed by atoms with Crippen molar-refractivity contribution in [2.45, 2.75) is 6.54 Å². The minimum atomic E-state index is -2.96. The van der Waals surface area contributed by atoms with E-state index in [4.69, 9.17) is 0 Å². The molecule has 2 rings (SSSR count). The van der Waals surface area contributed by atoms with E-state index in [9.17, 15) is 13.5 Å². The van der Waals surface area contributed by atoms with Gasteiger partial charge in [0, 0.05) is 24.9 Å². The van der Waals surface area contributed by atoms with E-state index in [1.165, 1.54) is 6.26 Å². The maximum atomic E-state index is 11.0. The highest BCUT2D eigenvalue weighted by atomic mass is 32.2. The number of rotatable bonds is 5. The van der Waals surface area contributed by atoms with Gasteiger partial charge in [-0.2, -0.15) is 0 Å². The van der Waals surface area contributed by atoms with Gasteiger partial charge < -0.3 is 10.4 Å². The Balaban J connectivity index is 2.14. The third-order valence-electron chi connectivity index (χ3n) is 2.97. The maximum Gasteiger partial charge on any atom is 0.148 e. The van der Waals surface area contributed by atoms with Crippen LogP contribution in [0.3, 0.4) is 0 Å². The summed E-state index contributed by atoms with van der Waals surface area (Å²) in [5.41, 5.74) is 0.798. The van der Waals surface area contributed by atoms with Crippen LogP contribution in [0.5, 0.6) is 5.75 Å². The Morgan fingerprint density at radius 1 is 1.16 bits per heavy atom. The van der Waals surface area contributed by atoms with E-state index in [2.05, 4.69) is 5.32 Å². The van der Waals surface area contributed by atoms with E-state index < -0.39 is 9.84 Å². The smallest absolute Gasteiger partial charge is 0.148 e. The Morgan fingerprint density at radius 3 is 2.63 bits per heavy atom. The van der Waals surface area contributed by atoms with Crippen molar-refractivity contribution < 1.29 is 13.5 Å². The second-order valence-electron chi connectivity index (χ2n) is 4.59. The predicted molar refractivity (Wildman–Crippen MR) is 77.0 cm³/mol. The van der Waals surface area contributed by atoms with E-state index in [1.807, 2.05) is 30.3 Å². The van der Waals surface area contributed by atoms with Crippen molar-refractivity contribution in [3.8, 4) is 5.75 Å². The fraction of sp³-hybridized carbons (Fsp3) is 0.286. The molecule has 5 heteroatoms. The molecule has 0 bridgehead atoms. The van der Waals surface area contributed by atoms with Gasteiger partial charge in [-0.25, -0.2) is 8.42 Å². The Labute approximate surface area is 113 Å². The van der Waals surface area contributed by atoms with E-state index in [0.29, 0.717) is 13.1 Å². The summed E-state index contributed by atoms with van der Waals surface area (Å²) in [4.78, 5) is 0. The molecule has 0 atom stereocenters. The van der Waals surface area contributed by atoms with Gasteiger partial charge in [-0.05, 0) is 16.8 Å². The number of hydrogen-bond donors (Lipinski definition) is 2. The number of phenolic OH excluding ortho intramolecular Hbond substituents is 1. The van der Waals surface area contributed by atoms with Gasteiger partial charge in [0.15, 0.2) is 0 Å². The third-order valence-corrected chi connectivity index (χ3v) is 3.91. The zero-order chi connectivity index (χ0) is 13.9. The lowest BCUT2D eigenvalue weighted by Gasteiger charge is -2.10. The van der Waals surface area contributed by atoms with Crippen LogP contribution in [0.1, 0.15) is 5.56 Å². The molecule has 2 aromatic rings. The molecule has 0 aromatic heterocycles. The van der Waals surface area contributed by atoms with Gasteiger partial charge in [-0.1, -0.05) is 30.3 Å². The van der Waals surface area contributed by atoms with Crippen LogP contribution in [0.25, 0.3) is 10.8 Å². The van der Waals surface area contributed by atoms with Crippen molar-refractivity contribution in [3.05, 3.63) is 42.0 Å². The quantitative estimate of drug-likeness (QED) is 0.817. The highest BCUT2D eigenvalue weighted by Crippen LogP contribution is 2.26. The van der Waals surface area contributed by atoms with Crippen molar-refractivity contribution in [2.75, 3.05) is 18.6 Å². The molecule has 0 amide bonds. The normalized spacial score (nSPS) is 11.8. The standard InChI is InChI=1S/C14H17NO3S/c1-19(17,18)9-8-15-10-13-12-5-3-2-4-11(12)6-7-14(13)16/h2-7,15-16H,8-10H2,1H3. The average Bonchev–Trinajstić information content (AvgIpc) is 2.35. The van der Waals surface area contributed by atoms with Gasteiger partial charge in [0.05, 0.1) is 5.75 Å². The largest absolute Gasteiger partial charge is 0.508 e. The zero-order valence-corrected chi connectivity index (χ0v) is 11.6. The first-order valence-corrected chi connectivity index (χ1v) is 8.11. The SMILES string of the molecule is CS(=O)(=O)CCNCc1c(O)ccc2ccccc12. The van der Waals surface area contributed by atoms with Crippen molar-refractivity contribution >= 4 is 20.6 Å². The number of phenols is 1. The molecule has 0 saturated carbocycles. The molecule has 0 unspecified atom stereocenters. The Hall–Kier alpha value is -1.59. The monoisotopic (exact) mass is 279 g/mol. The second kappa shape index (κ2) is 5.59. The Bertz CT molecular complexity index is 680. The minimum absolute atomic E-state index is 0.0958. The maximum absolute atomic E-state index is 11.0. The topological polar surface area (TPSA) is 66.4 Å². The molecule has 4 nitrogen and oxygen atoms in total. The summed E-state index contributed by atoms with van der Waals surface area (Å²) in [6.07, 6.45) is 1.21. The number of sulfone groups is 1. The molecule has 19 heavy (non-hydrogen) atoms. The van der Waals surface area contributed by atoms with E-state index in [-0.39, 0.29) is 11.5 Å². The highest BCUT2D eigenvalue weighted by molar-refractivity contribution is 7.90. The van der Waals surface area contributed by atoms with Crippen LogP contribution in [-0.4, -0.2) is 32.1 Å². The van der Waals surface area contributed by atoms with Crippen molar-refractivity contribution in [1.29, 1.82) is 0 Å². The molecule has 0 saturated heterocycles. The van der Waals surface area contributed by atoms with Crippen molar-refractivity contribution in [1.82, 2.24) is 5.32 Å². The first kappa shape index (κ1) is 13.8. The van der Waals surface area contributed by atoms with Crippen LogP contribution >= 0.6 is 0 Å². The lowest BCUT2D eigenvalue weighted by atomic mass is 10.0. The summed E-state index contributed by atoms with van der Waals surface area (Å²) in [5.74, 6) is 0.323. The fourth-order valence-corrected chi connectivity index (χ4v) is 2.50. The lowest BCUT2D eigenvalue weighted by molar-refractivity contribution is 0.466. The fourth-order valence-electron chi connectivity index (χ4n) is 1.98. The molecule has 0 spiro atoms. The Morgan fingerprint density at radius 2 is 1.89 bits per heavy atom. The molecular weight excluding hydrogens is 262 g/mol. The van der Waals surface area contributed by atoms with Crippen LogP contribution in [-0.2, 0) is 16.4 Å². The van der Waals surface area contributed by atoms with Gasteiger partial charge >= 0.3 is 0 Å². The van der Waals surface area contributed by atoms with Crippen LogP contribution in [0.2, 0.25) is 0 Å². The van der Waals surface area contributed by atoms with Crippen molar-refractivity contribution in [3.63, 3.8) is 0 Å². The van der Waals surface area contributed by atoms with E-state index in [0.717, 1.165) is 16.3 Å². The highest BCUT2D eigenvalue weighted by Gasteiger charge is 2.07. The third kappa shape index (κ3) is 3.68. The molecule has 2 N–H and O–H groups in total. The molecular formula is C14H17NO3S. The lowest BCUT2D eigenvalue weighted by Crippen LogP contribution is -2.22. The summed E-state index contributed by atoms with van der Waals surface area (Å²) in [7, 11) is -2.96. The van der Waals surface area contributed by atoms with Crippen LogP contribution < -0.4 is 5.32 Å². The number of fused-ring (bicyclic) bond motifs is 1. The summed E-state index contributed by atoms with van der Waals surface area (Å²) in [6, 6.07) is 11.3. The van der Waals surface area contributed by atoms with Gasteiger partial charge in [-0.3, -0.25) is 0 Å². The number of hydrogen-bond acceptors (Lipinski definition) is 4. The zero-order valence-electron chi connectivity index (χ0n) is 10.8. The molecule has 0 fully saturated rings. The number of aromatic hydroxyl groups is 1. The summed E-state index contributed by atoms with van der Waals surface area (Å²) in [6.45, 7) is 0.824. The Kier molecular flexibility index (Phi) is 4.07. The van der Waals surface area contributed by atoms with Crippen LogP contribution in [0.15, 0.2) is 36.4 Å². The summed E-state index contributed by atoms with van der Waals surface area (Å²) in [5, 5.41) is 15.0. The molecule has 2 aromatic carbocycles. The molecule has 0 aliphatic heterocycles. The van der Waals surface area contributed by atoms with Gasteiger partial charge in [0.25, 0.3) is 0 Å². The molecule has 0 aliphatic rings. The van der Waals surface area contributed by atoms with Gasteiger partial charge in [0.1, 0.15) is 15.6 Å². The molecule has 102 valence electrons. The number of nitrogens with one attached hydrogen (secondary N) is 1. The number of benzene rings is 2. The van der Waals surface area contributed by atoms with Gasteiger partial charge in [-0.15, -0.1) is 0 Å². The molecule has 0 radical (unpaired) electrons. The first-order chi connectivity index (χ1) is 8.97. The van der Waals surface area contributed by atoms with E-state index in [1.54, 1.807) is 6.07 Å². The molecule has 0 heterocycles. The summed E-state index contributed by atoms with van der Waals surface area (Å²) >= 11 is 0.